The van der Waals surface area contributed by atoms with E-state index in [2.05, 4.69) is 34.9 Å². The highest BCUT2D eigenvalue weighted by atomic mass is 16.5. The van der Waals surface area contributed by atoms with Crippen molar-refractivity contribution in [1.29, 1.82) is 0 Å². The Balaban J connectivity index is 1.36. The van der Waals surface area contributed by atoms with Gasteiger partial charge in [-0.25, -0.2) is 4.79 Å². The van der Waals surface area contributed by atoms with Crippen LogP contribution in [0.1, 0.15) is 62.5 Å². The number of alkyl carbamates (subject to hydrolysis) is 1. The Labute approximate surface area is 199 Å². The van der Waals surface area contributed by atoms with E-state index in [0.29, 0.717) is 19.3 Å². The van der Waals surface area contributed by atoms with E-state index in [-0.39, 0.29) is 18.4 Å². The van der Waals surface area contributed by atoms with E-state index in [1.165, 1.54) is 0 Å². The summed E-state index contributed by atoms with van der Waals surface area (Å²) in [5.41, 5.74) is 4.53. The number of benzene rings is 2. The second kappa shape index (κ2) is 10.7. The van der Waals surface area contributed by atoms with Crippen LogP contribution in [0.4, 0.5) is 4.79 Å². The second-order valence-electron chi connectivity index (χ2n) is 9.13. The highest BCUT2D eigenvalue weighted by Crippen LogP contribution is 2.44. The fraction of sp³-hybridized carbons (Fsp3) is 0.444. The van der Waals surface area contributed by atoms with Crippen molar-refractivity contribution in [2.24, 2.45) is 5.92 Å². The van der Waals surface area contributed by atoms with Crippen LogP contribution in [-0.4, -0.2) is 41.8 Å². The van der Waals surface area contributed by atoms with Crippen LogP contribution in [0.3, 0.4) is 0 Å². The molecule has 4 rings (SSSR count). The molecule has 2 aromatic carbocycles. The molecule has 0 aromatic heterocycles. The van der Waals surface area contributed by atoms with E-state index in [1.54, 1.807) is 6.92 Å². The number of rotatable bonds is 7. The predicted octanol–water partition coefficient (Wildman–Crippen LogP) is 4.45. The first-order valence-electron chi connectivity index (χ1n) is 12.1. The molecule has 0 radical (unpaired) electrons. The van der Waals surface area contributed by atoms with Crippen molar-refractivity contribution in [2.45, 2.75) is 63.5 Å². The molecule has 0 bridgehead atoms. The zero-order valence-corrected chi connectivity index (χ0v) is 19.5. The molecular weight excluding hydrogens is 432 g/mol. The maximum absolute atomic E-state index is 12.9. The van der Waals surface area contributed by atoms with Crippen LogP contribution in [0, 0.1) is 5.92 Å². The SMILES string of the molecule is CC[C@@H](NC(=O)OCC1c2ccccc2-c2ccccc21)C(=O)N[C@H]1CCCCC[C@H]1C(=O)O. The average Bonchev–Trinajstić information content (AvgIpc) is 2.97. The lowest BCUT2D eigenvalue weighted by atomic mass is 9.94. The summed E-state index contributed by atoms with van der Waals surface area (Å²) in [6, 6.07) is 15.0. The summed E-state index contributed by atoms with van der Waals surface area (Å²) in [5, 5.41) is 15.1. The van der Waals surface area contributed by atoms with Crippen molar-refractivity contribution in [3.63, 3.8) is 0 Å². The van der Waals surface area contributed by atoms with Gasteiger partial charge < -0.3 is 20.5 Å². The van der Waals surface area contributed by atoms with E-state index < -0.39 is 30.1 Å². The third-order valence-corrected chi connectivity index (χ3v) is 7.02. The van der Waals surface area contributed by atoms with E-state index in [9.17, 15) is 19.5 Å². The minimum Gasteiger partial charge on any atom is -0.481 e. The number of aliphatic carboxylic acids is 1. The number of carboxylic acids is 1. The van der Waals surface area contributed by atoms with Gasteiger partial charge in [0.25, 0.3) is 0 Å². The van der Waals surface area contributed by atoms with Crippen LogP contribution in [0.2, 0.25) is 0 Å². The summed E-state index contributed by atoms with van der Waals surface area (Å²) >= 11 is 0. The zero-order chi connectivity index (χ0) is 24.1. The lowest BCUT2D eigenvalue weighted by Crippen LogP contribution is -2.52. The molecule has 3 N–H and O–H groups in total. The lowest BCUT2D eigenvalue weighted by molar-refractivity contribution is -0.143. The Kier molecular flexibility index (Phi) is 7.50. The van der Waals surface area contributed by atoms with Gasteiger partial charge in [-0.05, 0) is 41.5 Å². The van der Waals surface area contributed by atoms with Crippen molar-refractivity contribution in [3.8, 4) is 11.1 Å². The number of carboxylic acid groups (broad SMARTS) is 1. The van der Waals surface area contributed by atoms with E-state index in [4.69, 9.17) is 4.74 Å². The lowest BCUT2D eigenvalue weighted by Gasteiger charge is -2.25. The molecule has 7 nitrogen and oxygen atoms in total. The fourth-order valence-electron chi connectivity index (χ4n) is 5.19. The molecule has 2 aromatic rings. The molecule has 0 spiro atoms. The Morgan fingerprint density at radius 3 is 2.21 bits per heavy atom. The van der Waals surface area contributed by atoms with E-state index in [1.807, 2.05) is 24.3 Å². The minimum absolute atomic E-state index is 0.0608. The van der Waals surface area contributed by atoms with Gasteiger partial charge >= 0.3 is 12.1 Å². The van der Waals surface area contributed by atoms with Crippen LogP contribution in [0.25, 0.3) is 11.1 Å². The van der Waals surface area contributed by atoms with Gasteiger partial charge in [0.05, 0.1) is 5.92 Å². The second-order valence-corrected chi connectivity index (χ2v) is 9.13. The highest BCUT2D eigenvalue weighted by molar-refractivity contribution is 5.86. The summed E-state index contributed by atoms with van der Waals surface area (Å²) in [4.78, 5) is 37.1. The smallest absolute Gasteiger partial charge is 0.407 e. The van der Waals surface area contributed by atoms with Gasteiger partial charge in [0.15, 0.2) is 0 Å². The van der Waals surface area contributed by atoms with Crippen LogP contribution in [0.15, 0.2) is 48.5 Å². The van der Waals surface area contributed by atoms with Crippen LogP contribution in [0.5, 0.6) is 0 Å². The average molecular weight is 465 g/mol. The molecular formula is C27H32N2O5. The number of carbonyl (C=O) groups excluding carboxylic acids is 2. The zero-order valence-electron chi connectivity index (χ0n) is 19.5. The molecule has 3 atom stereocenters. The molecule has 0 unspecified atom stereocenters. The number of carbonyl (C=O) groups is 3. The maximum atomic E-state index is 12.9. The molecule has 1 saturated carbocycles. The van der Waals surface area contributed by atoms with Crippen LogP contribution < -0.4 is 10.6 Å². The van der Waals surface area contributed by atoms with Gasteiger partial charge in [-0.3, -0.25) is 9.59 Å². The fourth-order valence-corrected chi connectivity index (χ4v) is 5.19. The third kappa shape index (κ3) is 5.08. The molecule has 0 heterocycles. The van der Waals surface area contributed by atoms with Crippen molar-refractivity contribution in [1.82, 2.24) is 10.6 Å². The Bertz CT molecular complexity index is 1010. The van der Waals surface area contributed by atoms with Gasteiger partial charge in [-0.15, -0.1) is 0 Å². The molecule has 1 fully saturated rings. The number of hydrogen-bond acceptors (Lipinski definition) is 4. The van der Waals surface area contributed by atoms with Gasteiger partial charge in [0, 0.05) is 12.0 Å². The van der Waals surface area contributed by atoms with Crippen LogP contribution in [-0.2, 0) is 14.3 Å². The van der Waals surface area contributed by atoms with Gasteiger partial charge in [-0.1, -0.05) is 74.7 Å². The van der Waals surface area contributed by atoms with Crippen molar-refractivity contribution >= 4 is 18.0 Å². The summed E-state index contributed by atoms with van der Waals surface area (Å²) in [6.45, 7) is 1.97. The number of ether oxygens (including phenoxy) is 1. The quantitative estimate of drug-likeness (QED) is 0.525. The number of amides is 2. The standard InChI is InChI=1S/C27H32N2O5/c1-2-23(25(30)28-24-15-5-3-4-14-21(24)26(31)32)29-27(33)34-16-22-19-12-8-6-10-17(19)18-11-7-9-13-20(18)22/h6-13,21-24H,2-5,14-16H2,1H3,(H,28,30)(H,29,33)(H,31,32)/t21-,23-,24+/m1/s1. The minimum atomic E-state index is -0.884. The molecule has 180 valence electrons. The normalized spacial score (nSPS) is 20.4. The topological polar surface area (TPSA) is 105 Å². The van der Waals surface area contributed by atoms with Gasteiger partial charge in [-0.2, -0.15) is 0 Å². The number of hydrogen-bond donors (Lipinski definition) is 3. The Morgan fingerprint density at radius 1 is 0.971 bits per heavy atom. The van der Waals surface area contributed by atoms with Gasteiger partial charge in [0.1, 0.15) is 12.6 Å². The number of nitrogens with one attached hydrogen (secondary N) is 2. The first-order chi connectivity index (χ1) is 16.5. The van der Waals surface area contributed by atoms with Crippen molar-refractivity contribution < 1.29 is 24.2 Å². The molecule has 34 heavy (non-hydrogen) atoms. The summed E-state index contributed by atoms with van der Waals surface area (Å²) < 4.78 is 5.57. The van der Waals surface area contributed by atoms with Crippen molar-refractivity contribution in [2.75, 3.05) is 6.61 Å². The van der Waals surface area contributed by atoms with E-state index in [0.717, 1.165) is 41.5 Å². The largest absolute Gasteiger partial charge is 0.481 e. The highest BCUT2D eigenvalue weighted by Gasteiger charge is 2.33. The first-order valence-corrected chi connectivity index (χ1v) is 12.1. The summed E-state index contributed by atoms with van der Waals surface area (Å²) in [5.74, 6) is -1.91. The molecule has 2 amide bonds. The monoisotopic (exact) mass is 464 g/mol. The summed E-state index contributed by atoms with van der Waals surface area (Å²) in [6.07, 6.45) is 3.59. The van der Waals surface area contributed by atoms with E-state index >= 15 is 0 Å². The van der Waals surface area contributed by atoms with Gasteiger partial charge in [0.2, 0.25) is 5.91 Å². The number of fused-ring (bicyclic) bond motifs is 3. The third-order valence-electron chi connectivity index (χ3n) is 7.02. The molecule has 2 aliphatic carbocycles. The molecule has 0 saturated heterocycles. The molecule has 7 heteroatoms. The summed E-state index contributed by atoms with van der Waals surface area (Å²) in [7, 11) is 0. The first kappa shape index (κ1) is 23.8. The molecule has 2 aliphatic rings. The Morgan fingerprint density at radius 2 is 1.59 bits per heavy atom. The van der Waals surface area contributed by atoms with Crippen LogP contribution >= 0.6 is 0 Å². The molecule has 0 aliphatic heterocycles. The Hall–Kier alpha value is -3.35. The maximum Gasteiger partial charge on any atom is 0.407 e. The van der Waals surface area contributed by atoms with Crippen molar-refractivity contribution in [3.05, 3.63) is 59.7 Å². The predicted molar refractivity (Wildman–Crippen MR) is 128 cm³/mol.